The number of aliphatic hydroxyl groups is 1. The van der Waals surface area contributed by atoms with Crippen molar-refractivity contribution >= 4 is 11.6 Å². The van der Waals surface area contributed by atoms with E-state index in [-0.39, 0.29) is 12.5 Å². The molecule has 1 fully saturated rings. The zero-order valence-electron chi connectivity index (χ0n) is 13.8. The first-order chi connectivity index (χ1) is 11.8. The van der Waals surface area contributed by atoms with Crippen LogP contribution in [-0.2, 0) is 12.8 Å². The number of aryl methyl sites for hydroxylation is 1. The largest absolute Gasteiger partial charge is 0.396 e. The van der Waals surface area contributed by atoms with E-state index in [1.54, 1.807) is 0 Å². The minimum atomic E-state index is 0.0385. The molecule has 1 aromatic carbocycles. The number of hydrogen-bond acceptors (Lipinski definition) is 4. The summed E-state index contributed by atoms with van der Waals surface area (Å²) in [5, 5.41) is 13.9. The Bertz CT molecular complexity index is 722. The summed E-state index contributed by atoms with van der Waals surface area (Å²) in [7, 11) is 0. The summed E-state index contributed by atoms with van der Waals surface area (Å²) in [5.74, 6) is 1.98. The first kappa shape index (κ1) is 16.1. The molecule has 128 valence electrons. The number of benzene rings is 1. The van der Waals surface area contributed by atoms with Gasteiger partial charge in [0, 0.05) is 11.4 Å². The molecule has 1 heterocycles. The third-order valence-electron chi connectivity index (χ3n) is 5.50. The second-order valence-corrected chi connectivity index (χ2v) is 7.43. The number of nitrogens with zero attached hydrogens (tertiary/aromatic N) is 2. The van der Waals surface area contributed by atoms with Crippen molar-refractivity contribution in [3.63, 3.8) is 0 Å². The van der Waals surface area contributed by atoms with Crippen molar-refractivity contribution in [2.75, 3.05) is 6.61 Å². The molecule has 0 aliphatic heterocycles. The molecule has 0 spiro atoms. The minimum absolute atomic E-state index is 0.0385. The minimum Gasteiger partial charge on any atom is -0.396 e. The SMILES string of the molecule is OCCc1noc(C2CCc3cc(C4CCCCC4)c(Cl)cc32)n1. The number of aromatic nitrogens is 2. The number of halogens is 1. The molecule has 1 unspecified atom stereocenters. The molecule has 2 aliphatic carbocycles. The van der Waals surface area contributed by atoms with Gasteiger partial charge in [0.15, 0.2) is 5.82 Å². The van der Waals surface area contributed by atoms with Gasteiger partial charge in [0.2, 0.25) is 5.89 Å². The van der Waals surface area contributed by atoms with Crippen LogP contribution in [0, 0.1) is 0 Å². The summed E-state index contributed by atoms with van der Waals surface area (Å²) >= 11 is 6.65. The van der Waals surface area contributed by atoms with Crippen LogP contribution in [0.15, 0.2) is 16.7 Å². The molecule has 1 saturated carbocycles. The topological polar surface area (TPSA) is 59.2 Å². The first-order valence-electron chi connectivity index (χ1n) is 9.02. The Balaban J connectivity index is 1.62. The van der Waals surface area contributed by atoms with Gasteiger partial charge in [-0.2, -0.15) is 4.98 Å². The molecular weight excluding hydrogens is 324 g/mol. The average molecular weight is 347 g/mol. The molecule has 0 radical (unpaired) electrons. The highest BCUT2D eigenvalue weighted by atomic mass is 35.5. The molecule has 24 heavy (non-hydrogen) atoms. The van der Waals surface area contributed by atoms with E-state index in [1.807, 2.05) is 0 Å². The Hall–Kier alpha value is -1.39. The van der Waals surface area contributed by atoms with Crippen LogP contribution in [0.4, 0.5) is 0 Å². The quantitative estimate of drug-likeness (QED) is 0.892. The maximum Gasteiger partial charge on any atom is 0.234 e. The predicted molar refractivity (Wildman–Crippen MR) is 92.5 cm³/mol. The lowest BCUT2D eigenvalue weighted by Gasteiger charge is -2.24. The van der Waals surface area contributed by atoms with E-state index in [2.05, 4.69) is 22.3 Å². The van der Waals surface area contributed by atoms with E-state index < -0.39 is 0 Å². The summed E-state index contributed by atoms with van der Waals surface area (Å²) in [6.07, 6.45) is 8.97. The standard InChI is InChI=1S/C19H23ClN2O2/c20-17-11-15-13(10-16(17)12-4-2-1-3-5-12)6-7-14(15)19-21-18(8-9-23)22-24-19/h10-12,14,23H,1-9H2. The van der Waals surface area contributed by atoms with E-state index in [9.17, 15) is 0 Å². The van der Waals surface area contributed by atoms with Gasteiger partial charge in [0.1, 0.15) is 0 Å². The molecule has 4 rings (SSSR count). The van der Waals surface area contributed by atoms with Crippen LogP contribution >= 0.6 is 11.6 Å². The molecule has 1 atom stereocenters. The monoisotopic (exact) mass is 346 g/mol. The normalized spacial score (nSPS) is 21.2. The van der Waals surface area contributed by atoms with Gasteiger partial charge in [0.05, 0.1) is 12.5 Å². The smallest absolute Gasteiger partial charge is 0.234 e. The van der Waals surface area contributed by atoms with Crippen LogP contribution in [0.2, 0.25) is 5.02 Å². The predicted octanol–water partition coefficient (Wildman–Crippen LogP) is 4.38. The van der Waals surface area contributed by atoms with Crippen molar-refractivity contribution in [3.05, 3.63) is 45.6 Å². The summed E-state index contributed by atoms with van der Waals surface area (Å²) in [5.41, 5.74) is 3.95. The van der Waals surface area contributed by atoms with Crippen LogP contribution in [0.25, 0.3) is 0 Å². The number of fused-ring (bicyclic) bond motifs is 1. The Labute approximate surface area is 147 Å². The van der Waals surface area contributed by atoms with Crippen LogP contribution in [0.5, 0.6) is 0 Å². The van der Waals surface area contributed by atoms with Gasteiger partial charge >= 0.3 is 0 Å². The van der Waals surface area contributed by atoms with E-state index >= 15 is 0 Å². The van der Waals surface area contributed by atoms with Crippen LogP contribution < -0.4 is 0 Å². The number of aliphatic hydroxyl groups excluding tert-OH is 1. The number of hydrogen-bond donors (Lipinski definition) is 1. The Morgan fingerprint density at radius 3 is 2.75 bits per heavy atom. The van der Waals surface area contributed by atoms with Crippen molar-refractivity contribution in [1.82, 2.24) is 10.1 Å². The fourth-order valence-corrected chi connectivity index (χ4v) is 4.57. The fourth-order valence-electron chi connectivity index (χ4n) is 4.24. The molecule has 0 saturated heterocycles. The average Bonchev–Trinajstić information content (AvgIpc) is 3.21. The molecule has 1 aromatic heterocycles. The van der Waals surface area contributed by atoms with E-state index in [4.69, 9.17) is 21.2 Å². The van der Waals surface area contributed by atoms with Gasteiger partial charge in [0.25, 0.3) is 0 Å². The van der Waals surface area contributed by atoms with E-state index in [0.717, 1.165) is 17.9 Å². The second-order valence-electron chi connectivity index (χ2n) is 7.02. The van der Waals surface area contributed by atoms with Crippen molar-refractivity contribution in [2.45, 2.75) is 63.2 Å². The van der Waals surface area contributed by atoms with Gasteiger partial charge in [-0.1, -0.05) is 42.1 Å². The lowest BCUT2D eigenvalue weighted by atomic mass is 9.83. The summed E-state index contributed by atoms with van der Waals surface area (Å²) < 4.78 is 5.43. The molecule has 4 nitrogen and oxygen atoms in total. The van der Waals surface area contributed by atoms with Crippen LogP contribution in [-0.4, -0.2) is 21.9 Å². The fraction of sp³-hybridized carbons (Fsp3) is 0.579. The first-order valence-corrected chi connectivity index (χ1v) is 9.39. The van der Waals surface area contributed by atoms with Gasteiger partial charge in [-0.3, -0.25) is 0 Å². The molecule has 5 heteroatoms. The highest BCUT2D eigenvalue weighted by Crippen LogP contribution is 2.43. The zero-order valence-corrected chi connectivity index (χ0v) is 14.6. The summed E-state index contributed by atoms with van der Waals surface area (Å²) in [6.45, 7) is 0.0385. The van der Waals surface area contributed by atoms with E-state index in [1.165, 1.54) is 48.8 Å². The third kappa shape index (κ3) is 2.98. The second kappa shape index (κ2) is 6.85. The lowest BCUT2D eigenvalue weighted by molar-refractivity contribution is 0.292. The van der Waals surface area contributed by atoms with Crippen molar-refractivity contribution in [3.8, 4) is 0 Å². The molecule has 2 aliphatic rings. The van der Waals surface area contributed by atoms with E-state index in [0.29, 0.717) is 24.1 Å². The molecular formula is C19H23ClN2O2. The van der Waals surface area contributed by atoms with Crippen LogP contribution in [0.3, 0.4) is 0 Å². The molecule has 1 N–H and O–H groups in total. The highest BCUT2D eigenvalue weighted by Gasteiger charge is 2.31. The van der Waals surface area contributed by atoms with Gasteiger partial charge in [-0.05, 0) is 54.4 Å². The number of rotatable bonds is 4. The third-order valence-corrected chi connectivity index (χ3v) is 5.83. The van der Waals surface area contributed by atoms with Crippen LogP contribution in [0.1, 0.15) is 78.8 Å². The Morgan fingerprint density at radius 1 is 1.12 bits per heavy atom. The summed E-state index contributed by atoms with van der Waals surface area (Å²) in [4.78, 5) is 4.44. The van der Waals surface area contributed by atoms with Crippen molar-refractivity contribution in [2.24, 2.45) is 0 Å². The van der Waals surface area contributed by atoms with Gasteiger partial charge < -0.3 is 9.63 Å². The maximum absolute atomic E-state index is 9.00. The van der Waals surface area contributed by atoms with Gasteiger partial charge in [-0.15, -0.1) is 0 Å². The van der Waals surface area contributed by atoms with Crippen molar-refractivity contribution < 1.29 is 9.63 Å². The molecule has 0 amide bonds. The molecule has 0 bridgehead atoms. The van der Waals surface area contributed by atoms with Crippen molar-refractivity contribution in [1.29, 1.82) is 0 Å². The summed E-state index contributed by atoms with van der Waals surface area (Å²) in [6, 6.07) is 4.47. The van der Waals surface area contributed by atoms with Gasteiger partial charge in [-0.25, -0.2) is 0 Å². The molecule has 2 aromatic rings. The Kier molecular flexibility index (Phi) is 4.59. The zero-order chi connectivity index (χ0) is 16.5. The maximum atomic E-state index is 9.00. The lowest BCUT2D eigenvalue weighted by Crippen LogP contribution is -2.06. The highest BCUT2D eigenvalue weighted by molar-refractivity contribution is 6.31. The Morgan fingerprint density at radius 2 is 1.96 bits per heavy atom.